The van der Waals surface area contributed by atoms with Crippen molar-refractivity contribution in [2.24, 2.45) is 13.0 Å². The summed E-state index contributed by atoms with van der Waals surface area (Å²) in [6.07, 6.45) is 4.97. The Morgan fingerprint density at radius 1 is 1.35 bits per heavy atom. The van der Waals surface area contributed by atoms with Crippen molar-refractivity contribution in [1.29, 1.82) is 0 Å². The molecule has 2 heterocycles. The van der Waals surface area contributed by atoms with Gasteiger partial charge in [-0.2, -0.15) is 0 Å². The first kappa shape index (κ1) is 14.2. The van der Waals surface area contributed by atoms with E-state index in [0.717, 1.165) is 5.82 Å². The van der Waals surface area contributed by atoms with E-state index >= 15 is 0 Å². The van der Waals surface area contributed by atoms with Crippen molar-refractivity contribution in [1.82, 2.24) is 24.3 Å². The van der Waals surface area contributed by atoms with E-state index < -0.39 is 0 Å². The Kier molecular flexibility index (Phi) is 4.16. The Morgan fingerprint density at radius 3 is 2.70 bits per heavy atom. The third kappa shape index (κ3) is 3.04. The van der Waals surface area contributed by atoms with Crippen molar-refractivity contribution in [2.75, 3.05) is 5.32 Å². The molecule has 0 aliphatic carbocycles. The molecule has 108 valence electrons. The number of aryl methyl sites for hydroxylation is 1. The Morgan fingerprint density at radius 2 is 2.10 bits per heavy atom. The van der Waals surface area contributed by atoms with Gasteiger partial charge in [0.25, 0.3) is 5.56 Å². The molecule has 1 atom stereocenters. The number of nitrogens with one attached hydrogen (secondary N) is 1. The summed E-state index contributed by atoms with van der Waals surface area (Å²) in [5, 5.41) is 11.0. The fraction of sp³-hybridized carbons (Fsp3) is 0.538. The summed E-state index contributed by atoms with van der Waals surface area (Å²) in [6, 6.07) is -0.141. The smallest absolute Gasteiger partial charge is 0.293 e. The van der Waals surface area contributed by atoms with E-state index in [-0.39, 0.29) is 11.6 Å². The zero-order chi connectivity index (χ0) is 14.7. The highest BCUT2D eigenvalue weighted by atomic mass is 16.1. The topological polar surface area (TPSA) is 77.6 Å². The number of hydrogen-bond acceptors (Lipinski definition) is 5. The summed E-state index contributed by atoms with van der Waals surface area (Å²) < 4.78 is 3.48. The second-order valence-corrected chi connectivity index (χ2v) is 5.29. The maximum atomic E-state index is 12.3. The van der Waals surface area contributed by atoms with Crippen molar-refractivity contribution in [3.05, 3.63) is 34.9 Å². The van der Waals surface area contributed by atoms with Crippen molar-refractivity contribution < 1.29 is 0 Å². The predicted octanol–water partition coefficient (Wildman–Crippen LogP) is 1.20. The summed E-state index contributed by atoms with van der Waals surface area (Å²) in [5.41, 5.74) is -0.116. The summed E-state index contributed by atoms with van der Waals surface area (Å²) in [5.74, 6) is 1.49. The van der Waals surface area contributed by atoms with Gasteiger partial charge in [-0.15, -0.1) is 10.2 Å². The van der Waals surface area contributed by atoms with Gasteiger partial charge < -0.3 is 14.5 Å². The van der Waals surface area contributed by atoms with Gasteiger partial charge in [-0.05, 0) is 12.8 Å². The van der Waals surface area contributed by atoms with E-state index in [4.69, 9.17) is 0 Å². The lowest BCUT2D eigenvalue weighted by atomic mass is 10.2. The van der Waals surface area contributed by atoms with Crippen molar-refractivity contribution in [3.63, 3.8) is 0 Å². The first-order chi connectivity index (χ1) is 9.49. The van der Waals surface area contributed by atoms with E-state index in [1.807, 2.05) is 18.5 Å². The molecular weight excluding hydrogens is 256 g/mol. The quantitative estimate of drug-likeness (QED) is 0.888. The highest BCUT2D eigenvalue weighted by Gasteiger charge is 2.14. The summed E-state index contributed by atoms with van der Waals surface area (Å²) in [4.78, 5) is 16.4. The van der Waals surface area contributed by atoms with Crippen LogP contribution in [-0.4, -0.2) is 24.3 Å². The van der Waals surface area contributed by atoms with Crippen LogP contribution in [0.25, 0.3) is 0 Å². The standard InChI is InChI=1S/C13H20N6O/c1-9(2)7-19-6-5-14-11(13(19)20)16-10(3)12-17-15-8-18(12)4/h5-6,8-10H,7H2,1-4H3,(H,14,16). The van der Waals surface area contributed by atoms with Gasteiger partial charge in [0.2, 0.25) is 0 Å². The van der Waals surface area contributed by atoms with E-state index in [0.29, 0.717) is 18.3 Å². The lowest BCUT2D eigenvalue weighted by molar-refractivity contribution is 0.509. The summed E-state index contributed by atoms with van der Waals surface area (Å²) in [7, 11) is 1.86. The number of nitrogens with zero attached hydrogens (tertiary/aromatic N) is 5. The average Bonchev–Trinajstić information content (AvgIpc) is 2.80. The molecule has 7 nitrogen and oxygen atoms in total. The van der Waals surface area contributed by atoms with Gasteiger partial charge in [-0.3, -0.25) is 4.79 Å². The van der Waals surface area contributed by atoms with Gasteiger partial charge >= 0.3 is 0 Å². The van der Waals surface area contributed by atoms with Crippen molar-refractivity contribution in [3.8, 4) is 0 Å². The van der Waals surface area contributed by atoms with Gasteiger partial charge in [-0.1, -0.05) is 13.8 Å². The largest absolute Gasteiger partial charge is 0.356 e. The SMILES string of the molecule is CC(C)Cn1ccnc(NC(C)c2nncn2C)c1=O. The summed E-state index contributed by atoms with van der Waals surface area (Å²) in [6.45, 7) is 6.74. The van der Waals surface area contributed by atoms with Gasteiger partial charge in [0, 0.05) is 26.0 Å². The molecule has 0 radical (unpaired) electrons. The minimum Gasteiger partial charge on any atom is -0.356 e. The lowest BCUT2D eigenvalue weighted by Crippen LogP contribution is -2.27. The second-order valence-electron chi connectivity index (χ2n) is 5.29. The molecule has 0 fully saturated rings. The highest BCUT2D eigenvalue weighted by molar-refractivity contribution is 5.33. The van der Waals surface area contributed by atoms with Crippen LogP contribution in [-0.2, 0) is 13.6 Å². The van der Waals surface area contributed by atoms with Crippen molar-refractivity contribution in [2.45, 2.75) is 33.4 Å². The Balaban J connectivity index is 2.22. The van der Waals surface area contributed by atoms with Crippen LogP contribution in [0.15, 0.2) is 23.5 Å². The minimum atomic E-state index is -0.141. The molecule has 0 saturated heterocycles. The molecular formula is C13H20N6O. The van der Waals surface area contributed by atoms with Gasteiger partial charge in [0.15, 0.2) is 11.6 Å². The number of hydrogen-bond donors (Lipinski definition) is 1. The number of aromatic nitrogens is 5. The molecule has 1 N–H and O–H groups in total. The number of anilines is 1. The van der Waals surface area contributed by atoms with Crippen LogP contribution in [0.2, 0.25) is 0 Å². The second kappa shape index (κ2) is 5.85. The first-order valence-corrected chi connectivity index (χ1v) is 6.65. The molecule has 0 amide bonds. The maximum absolute atomic E-state index is 12.3. The van der Waals surface area contributed by atoms with Crippen molar-refractivity contribution >= 4 is 5.82 Å². The molecule has 0 aliphatic heterocycles. The van der Waals surface area contributed by atoms with Crippen LogP contribution in [0.5, 0.6) is 0 Å². The molecule has 0 aromatic carbocycles. The van der Waals surface area contributed by atoms with Crippen LogP contribution in [0.4, 0.5) is 5.82 Å². The highest BCUT2D eigenvalue weighted by Crippen LogP contribution is 2.12. The zero-order valence-electron chi connectivity index (χ0n) is 12.2. The van der Waals surface area contributed by atoms with Gasteiger partial charge in [-0.25, -0.2) is 4.98 Å². The Hall–Kier alpha value is -2.18. The molecule has 0 bridgehead atoms. The fourth-order valence-corrected chi connectivity index (χ4v) is 2.04. The Bertz CT molecular complexity index is 630. The third-order valence-electron chi connectivity index (χ3n) is 2.96. The molecule has 0 saturated carbocycles. The number of rotatable bonds is 5. The lowest BCUT2D eigenvalue weighted by Gasteiger charge is -2.14. The monoisotopic (exact) mass is 276 g/mol. The molecule has 0 aliphatic rings. The van der Waals surface area contributed by atoms with E-state index in [9.17, 15) is 4.79 Å². The molecule has 20 heavy (non-hydrogen) atoms. The zero-order valence-corrected chi connectivity index (χ0v) is 12.2. The molecule has 1 unspecified atom stereocenters. The average molecular weight is 276 g/mol. The predicted molar refractivity (Wildman–Crippen MR) is 76.4 cm³/mol. The van der Waals surface area contributed by atoms with Crippen LogP contribution >= 0.6 is 0 Å². The van der Waals surface area contributed by atoms with E-state index in [1.54, 1.807) is 23.3 Å². The van der Waals surface area contributed by atoms with Crippen LogP contribution in [0.3, 0.4) is 0 Å². The van der Waals surface area contributed by atoms with E-state index in [1.165, 1.54) is 0 Å². The third-order valence-corrected chi connectivity index (χ3v) is 2.96. The van der Waals surface area contributed by atoms with Crippen LogP contribution < -0.4 is 10.9 Å². The maximum Gasteiger partial charge on any atom is 0.293 e. The fourth-order valence-electron chi connectivity index (χ4n) is 2.04. The minimum absolute atomic E-state index is 0.116. The molecule has 2 aromatic heterocycles. The molecule has 7 heteroatoms. The van der Waals surface area contributed by atoms with Gasteiger partial charge in [0.05, 0.1) is 6.04 Å². The summed E-state index contributed by atoms with van der Waals surface area (Å²) >= 11 is 0. The van der Waals surface area contributed by atoms with E-state index in [2.05, 4.69) is 34.3 Å². The van der Waals surface area contributed by atoms with Crippen LogP contribution in [0.1, 0.15) is 32.6 Å². The first-order valence-electron chi connectivity index (χ1n) is 6.65. The molecule has 2 aromatic rings. The van der Waals surface area contributed by atoms with Crippen LogP contribution in [0, 0.1) is 5.92 Å². The Labute approximate surface area is 117 Å². The van der Waals surface area contributed by atoms with Gasteiger partial charge in [0.1, 0.15) is 6.33 Å². The normalized spacial score (nSPS) is 12.7. The molecule has 2 rings (SSSR count). The molecule has 0 spiro atoms.